The summed E-state index contributed by atoms with van der Waals surface area (Å²) in [5.41, 5.74) is 1.53. The SMILES string of the molecule is O=C(NC1CCCC1)[C@H]1[C@H](CO)[C@H]2Cn3c(ccc(-c4cccc(F)c4)c3=O)[C@@H]1N2. The van der Waals surface area contributed by atoms with Gasteiger partial charge in [-0.3, -0.25) is 9.59 Å². The molecule has 3 heterocycles. The highest BCUT2D eigenvalue weighted by Gasteiger charge is 2.51. The molecule has 2 bridgehead atoms. The molecule has 1 aliphatic carbocycles. The molecule has 3 aliphatic rings. The van der Waals surface area contributed by atoms with Gasteiger partial charge in [-0.1, -0.05) is 25.0 Å². The molecule has 6 nitrogen and oxygen atoms in total. The van der Waals surface area contributed by atoms with Crippen molar-refractivity contribution in [2.45, 2.75) is 50.4 Å². The lowest BCUT2D eigenvalue weighted by atomic mass is 9.86. The van der Waals surface area contributed by atoms with Crippen LogP contribution in [0.4, 0.5) is 4.39 Å². The highest BCUT2D eigenvalue weighted by molar-refractivity contribution is 5.81. The smallest absolute Gasteiger partial charge is 0.258 e. The molecule has 2 fully saturated rings. The molecule has 1 saturated heterocycles. The van der Waals surface area contributed by atoms with Crippen LogP contribution in [0.15, 0.2) is 41.2 Å². The van der Waals surface area contributed by atoms with Gasteiger partial charge in [0.1, 0.15) is 5.82 Å². The van der Waals surface area contributed by atoms with Crippen molar-refractivity contribution in [3.05, 3.63) is 58.3 Å². The molecule has 1 amide bonds. The first-order valence-corrected chi connectivity index (χ1v) is 10.7. The third-order valence-electron chi connectivity index (χ3n) is 6.99. The summed E-state index contributed by atoms with van der Waals surface area (Å²) in [6.07, 6.45) is 4.25. The van der Waals surface area contributed by atoms with Crippen LogP contribution in [-0.2, 0) is 11.3 Å². The molecule has 1 saturated carbocycles. The number of carbonyl (C=O) groups excluding carboxylic acids is 1. The summed E-state index contributed by atoms with van der Waals surface area (Å²) in [5, 5.41) is 16.7. The quantitative estimate of drug-likeness (QED) is 0.718. The Hall–Kier alpha value is -2.51. The second kappa shape index (κ2) is 7.63. The minimum Gasteiger partial charge on any atom is -0.396 e. The predicted octanol–water partition coefficient (Wildman–Crippen LogP) is 1.96. The van der Waals surface area contributed by atoms with Crippen LogP contribution in [0.2, 0.25) is 0 Å². The molecule has 1 aromatic carbocycles. The van der Waals surface area contributed by atoms with Crippen molar-refractivity contribution < 1.29 is 14.3 Å². The Morgan fingerprint density at radius 1 is 1.23 bits per heavy atom. The fourth-order valence-electron chi connectivity index (χ4n) is 5.49. The molecular formula is C23H26FN3O3. The monoisotopic (exact) mass is 411 g/mol. The van der Waals surface area contributed by atoms with Crippen molar-refractivity contribution in [1.82, 2.24) is 15.2 Å². The Labute approximate surface area is 174 Å². The molecule has 0 spiro atoms. The van der Waals surface area contributed by atoms with E-state index in [1.165, 1.54) is 12.1 Å². The number of hydrogen-bond donors (Lipinski definition) is 3. The van der Waals surface area contributed by atoms with Gasteiger partial charge in [0.05, 0.1) is 12.0 Å². The molecule has 3 N–H and O–H groups in total. The fourth-order valence-corrected chi connectivity index (χ4v) is 5.49. The van der Waals surface area contributed by atoms with Crippen molar-refractivity contribution in [2.75, 3.05) is 6.61 Å². The van der Waals surface area contributed by atoms with Crippen LogP contribution in [0.25, 0.3) is 11.1 Å². The number of halogens is 1. The highest BCUT2D eigenvalue weighted by Crippen LogP contribution is 2.41. The normalized spacial score (nSPS) is 27.8. The second-order valence-corrected chi connectivity index (χ2v) is 8.71. The van der Waals surface area contributed by atoms with Crippen molar-refractivity contribution in [2.24, 2.45) is 11.8 Å². The van der Waals surface area contributed by atoms with Crippen molar-refractivity contribution in [1.29, 1.82) is 0 Å². The molecule has 4 atom stereocenters. The molecule has 7 heteroatoms. The summed E-state index contributed by atoms with van der Waals surface area (Å²) in [4.78, 5) is 26.4. The standard InChI is InChI=1S/C23H26FN3O3/c24-14-5-3-4-13(10-14)16-8-9-19-21-20(22(29)25-15-6-1-2-7-15)17(12-28)18(26-21)11-27(19)23(16)30/h3-5,8-10,15,17-18,20-21,26,28H,1-2,6-7,11-12H2,(H,25,29)/t17-,18-,20+,21+/m1/s1. The number of pyridine rings is 1. The second-order valence-electron chi connectivity index (χ2n) is 8.71. The first-order chi connectivity index (χ1) is 14.6. The Balaban J connectivity index is 1.51. The predicted molar refractivity (Wildman–Crippen MR) is 110 cm³/mol. The Bertz CT molecular complexity index is 1030. The Kier molecular flexibility index (Phi) is 4.95. The molecule has 30 heavy (non-hydrogen) atoms. The number of aliphatic hydroxyl groups is 1. The van der Waals surface area contributed by atoms with Gasteiger partial charge in [0.2, 0.25) is 5.91 Å². The van der Waals surface area contributed by atoms with Gasteiger partial charge in [-0.2, -0.15) is 0 Å². The average molecular weight is 411 g/mol. The van der Waals surface area contributed by atoms with Crippen LogP contribution in [-0.4, -0.2) is 34.3 Å². The fraction of sp³-hybridized carbons (Fsp3) is 0.478. The van der Waals surface area contributed by atoms with E-state index in [9.17, 15) is 19.1 Å². The Morgan fingerprint density at radius 2 is 2.03 bits per heavy atom. The number of rotatable bonds is 4. The maximum atomic E-state index is 13.7. The minimum atomic E-state index is -0.422. The van der Waals surface area contributed by atoms with E-state index in [-0.39, 0.29) is 47.9 Å². The number of hydrogen-bond acceptors (Lipinski definition) is 4. The van der Waals surface area contributed by atoms with Gasteiger partial charge in [0.15, 0.2) is 0 Å². The van der Waals surface area contributed by atoms with E-state index in [4.69, 9.17) is 0 Å². The summed E-state index contributed by atoms with van der Waals surface area (Å²) in [6, 6.07) is 9.30. The number of benzene rings is 1. The van der Waals surface area contributed by atoms with Gasteiger partial charge in [-0.05, 0) is 42.7 Å². The van der Waals surface area contributed by atoms with E-state index in [1.807, 2.05) is 6.07 Å². The van der Waals surface area contributed by atoms with Crippen molar-refractivity contribution in [3.8, 4) is 11.1 Å². The van der Waals surface area contributed by atoms with Gasteiger partial charge in [0.25, 0.3) is 5.56 Å². The van der Waals surface area contributed by atoms with Gasteiger partial charge < -0.3 is 20.3 Å². The number of fused-ring (bicyclic) bond motifs is 4. The van der Waals surface area contributed by atoms with Crippen molar-refractivity contribution >= 4 is 5.91 Å². The van der Waals surface area contributed by atoms with Gasteiger partial charge in [-0.15, -0.1) is 0 Å². The van der Waals surface area contributed by atoms with Crippen LogP contribution in [0, 0.1) is 17.7 Å². The molecule has 158 valence electrons. The molecule has 2 aromatic rings. The van der Waals surface area contributed by atoms with Crippen LogP contribution in [0.5, 0.6) is 0 Å². The van der Waals surface area contributed by atoms with E-state index in [1.54, 1.807) is 22.8 Å². The largest absolute Gasteiger partial charge is 0.396 e. The van der Waals surface area contributed by atoms with E-state index in [0.717, 1.165) is 31.4 Å². The number of aromatic nitrogens is 1. The zero-order chi connectivity index (χ0) is 20.8. The average Bonchev–Trinajstić information content (AvgIpc) is 3.34. The lowest BCUT2D eigenvalue weighted by Gasteiger charge is -2.28. The first-order valence-electron chi connectivity index (χ1n) is 10.7. The maximum absolute atomic E-state index is 13.7. The molecule has 1 aromatic heterocycles. The van der Waals surface area contributed by atoms with Gasteiger partial charge >= 0.3 is 0 Å². The zero-order valence-electron chi connectivity index (χ0n) is 16.7. The number of aliphatic hydroxyl groups excluding tert-OH is 1. The van der Waals surface area contributed by atoms with Crippen LogP contribution in [0.3, 0.4) is 0 Å². The van der Waals surface area contributed by atoms with Crippen LogP contribution < -0.4 is 16.2 Å². The molecule has 0 unspecified atom stereocenters. The van der Waals surface area contributed by atoms with Gasteiger partial charge in [0, 0.05) is 42.4 Å². The highest BCUT2D eigenvalue weighted by atomic mass is 19.1. The summed E-state index contributed by atoms with van der Waals surface area (Å²) < 4.78 is 15.4. The third-order valence-corrected chi connectivity index (χ3v) is 6.99. The summed E-state index contributed by atoms with van der Waals surface area (Å²) >= 11 is 0. The van der Waals surface area contributed by atoms with Gasteiger partial charge in [-0.25, -0.2) is 4.39 Å². The minimum absolute atomic E-state index is 0.0453. The van der Waals surface area contributed by atoms with E-state index in [2.05, 4.69) is 10.6 Å². The van der Waals surface area contributed by atoms with E-state index >= 15 is 0 Å². The van der Waals surface area contributed by atoms with Crippen LogP contribution in [0.1, 0.15) is 37.4 Å². The summed E-state index contributed by atoms with van der Waals surface area (Å²) in [6.45, 7) is 0.267. The number of carbonyl (C=O) groups is 1. The number of nitrogens with zero attached hydrogens (tertiary/aromatic N) is 1. The lowest BCUT2D eigenvalue weighted by Crippen LogP contribution is -2.43. The number of nitrogens with one attached hydrogen (secondary N) is 2. The molecule has 5 rings (SSSR count). The lowest BCUT2D eigenvalue weighted by molar-refractivity contribution is -0.127. The molecular weight excluding hydrogens is 385 g/mol. The third kappa shape index (κ3) is 3.17. The zero-order valence-corrected chi connectivity index (χ0v) is 16.7. The number of amides is 1. The molecule has 2 aliphatic heterocycles. The van der Waals surface area contributed by atoms with Crippen LogP contribution >= 0.6 is 0 Å². The first kappa shape index (κ1) is 19.5. The topological polar surface area (TPSA) is 83.4 Å². The van der Waals surface area contributed by atoms with E-state index < -0.39 is 5.92 Å². The summed E-state index contributed by atoms with van der Waals surface area (Å²) in [7, 11) is 0. The van der Waals surface area contributed by atoms with Crippen molar-refractivity contribution in [3.63, 3.8) is 0 Å². The van der Waals surface area contributed by atoms with E-state index in [0.29, 0.717) is 17.7 Å². The Morgan fingerprint density at radius 3 is 2.77 bits per heavy atom. The molecule has 0 radical (unpaired) electrons. The maximum Gasteiger partial charge on any atom is 0.258 e. The summed E-state index contributed by atoms with van der Waals surface area (Å²) in [5.74, 6) is -1.11.